The molecule has 1 N–H and O–H groups in total. The number of allylic oxidation sites excluding steroid dienone is 1. The molecule has 0 bridgehead atoms. The highest BCUT2D eigenvalue weighted by Crippen LogP contribution is 2.28. The number of piperidine rings is 1. The molecule has 1 saturated heterocycles. The van der Waals surface area contributed by atoms with E-state index >= 15 is 0 Å². The molecule has 0 saturated carbocycles. The number of hydrogen-bond donors (Lipinski definition) is 1. The summed E-state index contributed by atoms with van der Waals surface area (Å²) < 4.78 is 1.76. The number of fused-ring (bicyclic) bond motifs is 2. The molecule has 1 amide bonds. The predicted molar refractivity (Wildman–Crippen MR) is 128 cm³/mol. The second-order valence-electron chi connectivity index (χ2n) is 8.65. The van der Waals surface area contributed by atoms with Crippen LogP contribution in [0.25, 0.3) is 22.6 Å². The summed E-state index contributed by atoms with van der Waals surface area (Å²) in [6.45, 7) is 3.60. The molecule has 0 aliphatic carbocycles. The van der Waals surface area contributed by atoms with Crippen LogP contribution < -0.4 is 10.9 Å². The third-order valence-electron chi connectivity index (χ3n) is 6.38. The first-order chi connectivity index (χ1) is 15.7. The Morgan fingerprint density at radius 1 is 1.03 bits per heavy atom. The van der Waals surface area contributed by atoms with Gasteiger partial charge in [0.1, 0.15) is 5.82 Å². The molecule has 3 heterocycles. The van der Waals surface area contributed by atoms with Crippen LogP contribution in [-0.4, -0.2) is 40.0 Å². The minimum atomic E-state index is -0.0237. The van der Waals surface area contributed by atoms with E-state index < -0.39 is 0 Å². The number of amides is 1. The SMILES string of the molecule is O=C(CCN1CCCCC1)Nc1ccc2c(=O)n3c(nc2c1)/C(=C\c1ccccc1)CC3. The Kier molecular flexibility index (Phi) is 5.86. The summed E-state index contributed by atoms with van der Waals surface area (Å²) in [6.07, 6.45) is 7.09. The molecule has 1 fully saturated rings. The molecular weight excluding hydrogens is 400 g/mol. The Morgan fingerprint density at radius 2 is 1.84 bits per heavy atom. The number of anilines is 1. The van der Waals surface area contributed by atoms with E-state index in [0.717, 1.165) is 43.0 Å². The number of hydrogen-bond acceptors (Lipinski definition) is 4. The fraction of sp³-hybridized carbons (Fsp3) is 0.346. The molecule has 6 heteroatoms. The largest absolute Gasteiger partial charge is 0.326 e. The van der Waals surface area contributed by atoms with Crippen LogP contribution in [0.4, 0.5) is 5.69 Å². The molecule has 2 aliphatic rings. The number of carbonyl (C=O) groups is 1. The van der Waals surface area contributed by atoms with Gasteiger partial charge in [0, 0.05) is 25.2 Å². The zero-order chi connectivity index (χ0) is 21.9. The molecule has 32 heavy (non-hydrogen) atoms. The first-order valence-corrected chi connectivity index (χ1v) is 11.5. The van der Waals surface area contributed by atoms with Crippen molar-refractivity contribution in [3.63, 3.8) is 0 Å². The smallest absolute Gasteiger partial charge is 0.261 e. The lowest BCUT2D eigenvalue weighted by Crippen LogP contribution is -2.32. The quantitative estimate of drug-likeness (QED) is 0.663. The molecule has 0 radical (unpaired) electrons. The summed E-state index contributed by atoms with van der Waals surface area (Å²) in [7, 11) is 0. The van der Waals surface area contributed by atoms with E-state index in [4.69, 9.17) is 4.98 Å². The van der Waals surface area contributed by atoms with Gasteiger partial charge in [0.2, 0.25) is 5.91 Å². The highest BCUT2D eigenvalue weighted by atomic mass is 16.1. The van der Waals surface area contributed by atoms with Crippen LogP contribution >= 0.6 is 0 Å². The normalized spacial score (nSPS) is 17.6. The van der Waals surface area contributed by atoms with Crippen molar-refractivity contribution in [1.82, 2.24) is 14.5 Å². The van der Waals surface area contributed by atoms with Crippen LogP contribution in [0.1, 0.15) is 43.5 Å². The van der Waals surface area contributed by atoms with Crippen molar-refractivity contribution < 1.29 is 4.79 Å². The van der Waals surface area contributed by atoms with Gasteiger partial charge in [0.15, 0.2) is 0 Å². The lowest BCUT2D eigenvalue weighted by molar-refractivity contribution is -0.116. The van der Waals surface area contributed by atoms with E-state index in [0.29, 0.717) is 29.6 Å². The maximum absolute atomic E-state index is 13.0. The van der Waals surface area contributed by atoms with Crippen LogP contribution in [-0.2, 0) is 11.3 Å². The van der Waals surface area contributed by atoms with Gasteiger partial charge in [0.05, 0.1) is 10.9 Å². The van der Waals surface area contributed by atoms with Crippen LogP contribution in [0.2, 0.25) is 0 Å². The number of nitrogens with one attached hydrogen (secondary N) is 1. The van der Waals surface area contributed by atoms with E-state index in [1.165, 1.54) is 19.3 Å². The van der Waals surface area contributed by atoms with Crippen molar-refractivity contribution in [2.75, 3.05) is 25.0 Å². The minimum Gasteiger partial charge on any atom is -0.326 e. The second kappa shape index (κ2) is 9.09. The van der Waals surface area contributed by atoms with Crippen LogP contribution in [0.15, 0.2) is 53.3 Å². The van der Waals surface area contributed by atoms with Crippen molar-refractivity contribution in [1.29, 1.82) is 0 Å². The van der Waals surface area contributed by atoms with E-state index in [-0.39, 0.29) is 11.5 Å². The Hall–Kier alpha value is -3.25. The van der Waals surface area contributed by atoms with Crippen molar-refractivity contribution >= 4 is 34.1 Å². The zero-order valence-electron chi connectivity index (χ0n) is 18.2. The summed E-state index contributed by atoms with van der Waals surface area (Å²) in [4.78, 5) is 32.7. The number of benzene rings is 2. The maximum Gasteiger partial charge on any atom is 0.261 e. The second-order valence-corrected chi connectivity index (χ2v) is 8.65. The number of likely N-dealkylation sites (tertiary alicyclic amines) is 1. The minimum absolute atomic E-state index is 0.00234. The highest BCUT2D eigenvalue weighted by Gasteiger charge is 2.21. The summed E-state index contributed by atoms with van der Waals surface area (Å²) in [6, 6.07) is 15.5. The summed E-state index contributed by atoms with van der Waals surface area (Å²) in [5.74, 6) is 0.720. The molecule has 5 rings (SSSR count). The molecule has 2 aromatic carbocycles. The third-order valence-corrected chi connectivity index (χ3v) is 6.38. The van der Waals surface area contributed by atoms with E-state index in [1.54, 1.807) is 16.7 Å². The number of rotatable bonds is 5. The van der Waals surface area contributed by atoms with Crippen LogP contribution in [0, 0.1) is 0 Å². The van der Waals surface area contributed by atoms with Crippen molar-refractivity contribution in [2.24, 2.45) is 0 Å². The number of aromatic nitrogens is 2. The molecule has 6 nitrogen and oxygen atoms in total. The van der Waals surface area contributed by atoms with Gasteiger partial charge in [-0.3, -0.25) is 14.2 Å². The van der Waals surface area contributed by atoms with E-state index in [2.05, 4.69) is 16.3 Å². The van der Waals surface area contributed by atoms with Gasteiger partial charge in [0.25, 0.3) is 5.56 Å². The summed E-state index contributed by atoms with van der Waals surface area (Å²) in [5.41, 5.74) is 3.44. The zero-order valence-corrected chi connectivity index (χ0v) is 18.2. The lowest BCUT2D eigenvalue weighted by atomic mass is 10.1. The molecule has 1 aromatic heterocycles. The van der Waals surface area contributed by atoms with Gasteiger partial charge < -0.3 is 10.2 Å². The Labute approximate surface area is 187 Å². The van der Waals surface area contributed by atoms with Crippen LogP contribution in [0.3, 0.4) is 0 Å². The molecule has 164 valence electrons. The topological polar surface area (TPSA) is 67.2 Å². The van der Waals surface area contributed by atoms with Gasteiger partial charge in [-0.2, -0.15) is 0 Å². The summed E-state index contributed by atoms with van der Waals surface area (Å²) in [5, 5.41) is 3.57. The van der Waals surface area contributed by atoms with E-state index in [1.807, 2.05) is 36.4 Å². The molecule has 0 unspecified atom stereocenters. The van der Waals surface area contributed by atoms with Gasteiger partial charge in [-0.1, -0.05) is 36.8 Å². The van der Waals surface area contributed by atoms with Gasteiger partial charge in [-0.05, 0) is 67.8 Å². The monoisotopic (exact) mass is 428 g/mol. The van der Waals surface area contributed by atoms with Crippen molar-refractivity contribution in [3.8, 4) is 0 Å². The van der Waals surface area contributed by atoms with E-state index in [9.17, 15) is 9.59 Å². The molecule has 3 aromatic rings. The Morgan fingerprint density at radius 3 is 2.66 bits per heavy atom. The fourth-order valence-electron chi connectivity index (χ4n) is 4.65. The van der Waals surface area contributed by atoms with Crippen LogP contribution in [0.5, 0.6) is 0 Å². The third kappa shape index (κ3) is 4.36. The number of carbonyl (C=O) groups excluding carboxylic acids is 1. The first kappa shape index (κ1) is 20.6. The van der Waals surface area contributed by atoms with Gasteiger partial charge in [-0.15, -0.1) is 0 Å². The fourth-order valence-corrected chi connectivity index (χ4v) is 4.65. The van der Waals surface area contributed by atoms with Gasteiger partial charge >= 0.3 is 0 Å². The summed E-state index contributed by atoms with van der Waals surface area (Å²) >= 11 is 0. The average molecular weight is 429 g/mol. The lowest BCUT2D eigenvalue weighted by Gasteiger charge is -2.25. The predicted octanol–water partition coefficient (Wildman–Crippen LogP) is 4.16. The standard InChI is InChI=1S/C26H28N4O2/c31-24(12-15-29-13-5-2-6-14-29)27-21-9-10-22-23(18-21)28-25-20(11-16-30(25)26(22)32)17-19-7-3-1-4-8-19/h1,3-4,7-10,17-18H,2,5-6,11-16H2,(H,27,31)/b20-17-. The molecular formula is C26H28N4O2. The number of nitrogens with zero attached hydrogens (tertiary/aromatic N) is 3. The Balaban J connectivity index is 1.37. The first-order valence-electron chi connectivity index (χ1n) is 11.5. The van der Waals surface area contributed by atoms with Crippen molar-refractivity contribution in [3.05, 3.63) is 70.3 Å². The molecule has 2 aliphatic heterocycles. The molecule has 0 atom stereocenters. The average Bonchev–Trinajstić information content (AvgIpc) is 3.22. The Bertz CT molecular complexity index is 1220. The maximum atomic E-state index is 13.0. The van der Waals surface area contributed by atoms with Crippen molar-refractivity contribution in [2.45, 2.75) is 38.6 Å². The highest BCUT2D eigenvalue weighted by molar-refractivity contribution is 5.94. The van der Waals surface area contributed by atoms with Gasteiger partial charge in [-0.25, -0.2) is 4.98 Å². The molecule has 0 spiro atoms.